The highest BCUT2D eigenvalue weighted by Crippen LogP contribution is 2.25. The number of nitrogens with two attached hydrogens (primary N) is 1. The molecule has 0 unspecified atom stereocenters. The first kappa shape index (κ1) is 17.6. The number of amides is 1. The summed E-state index contributed by atoms with van der Waals surface area (Å²) in [5, 5.41) is 10.7. The standard InChI is InChI=1S/C16H13ClFN5O3/c1-7(21-16(25)26)14-22-10-4-3-9(18)13(17)12(10)15(24)23(14)8-2-5-11(19)20-6-8/h2-7,21H,1H3,(H2,19,20)(H,25,26)/t7-/m0/s1. The van der Waals surface area contributed by atoms with Gasteiger partial charge in [0.1, 0.15) is 17.5 Å². The fourth-order valence-corrected chi connectivity index (χ4v) is 2.79. The molecule has 0 saturated heterocycles. The largest absolute Gasteiger partial charge is 0.465 e. The molecule has 0 saturated carbocycles. The first-order valence-corrected chi connectivity index (χ1v) is 7.79. The molecule has 4 N–H and O–H groups in total. The lowest BCUT2D eigenvalue weighted by Crippen LogP contribution is -2.32. The molecule has 0 aliphatic rings. The third-order valence-electron chi connectivity index (χ3n) is 3.71. The molecule has 1 amide bonds. The summed E-state index contributed by atoms with van der Waals surface area (Å²) in [6.07, 6.45) is 0.0417. The number of nitrogens with zero attached hydrogens (tertiary/aromatic N) is 3. The zero-order chi connectivity index (χ0) is 19.0. The number of hydrogen-bond acceptors (Lipinski definition) is 5. The highest BCUT2D eigenvalue weighted by Gasteiger charge is 2.21. The molecular weight excluding hydrogens is 365 g/mol. The summed E-state index contributed by atoms with van der Waals surface area (Å²) in [6.45, 7) is 1.52. The van der Waals surface area contributed by atoms with Crippen LogP contribution in [0.5, 0.6) is 0 Å². The topological polar surface area (TPSA) is 123 Å². The van der Waals surface area contributed by atoms with Crippen molar-refractivity contribution in [1.29, 1.82) is 0 Å². The smallest absolute Gasteiger partial charge is 0.405 e. The number of carbonyl (C=O) groups is 1. The SMILES string of the molecule is C[C@H](NC(=O)O)c1nc2ccc(F)c(Cl)c2c(=O)n1-c1ccc(N)nc1. The summed E-state index contributed by atoms with van der Waals surface area (Å²) in [4.78, 5) is 32.3. The van der Waals surface area contributed by atoms with Gasteiger partial charge in [0.25, 0.3) is 5.56 Å². The van der Waals surface area contributed by atoms with Gasteiger partial charge in [-0.3, -0.25) is 9.36 Å². The Morgan fingerprint density at radius 3 is 2.73 bits per heavy atom. The predicted molar refractivity (Wildman–Crippen MR) is 94.1 cm³/mol. The second-order valence-corrected chi connectivity index (χ2v) is 5.86. The van der Waals surface area contributed by atoms with Crippen LogP contribution in [0.3, 0.4) is 0 Å². The lowest BCUT2D eigenvalue weighted by Gasteiger charge is -2.18. The van der Waals surface area contributed by atoms with Crippen LogP contribution in [0.1, 0.15) is 18.8 Å². The van der Waals surface area contributed by atoms with E-state index < -0.39 is 23.5 Å². The number of halogens is 2. The van der Waals surface area contributed by atoms with Gasteiger partial charge in [-0.15, -0.1) is 0 Å². The van der Waals surface area contributed by atoms with E-state index in [1.807, 2.05) is 0 Å². The van der Waals surface area contributed by atoms with E-state index >= 15 is 0 Å². The van der Waals surface area contributed by atoms with Crippen molar-refractivity contribution in [2.45, 2.75) is 13.0 Å². The number of aromatic nitrogens is 3. The Hall–Kier alpha value is -3.20. The summed E-state index contributed by atoms with van der Waals surface area (Å²) >= 11 is 5.96. The Morgan fingerprint density at radius 1 is 1.38 bits per heavy atom. The summed E-state index contributed by atoms with van der Waals surface area (Å²) in [6, 6.07) is 4.54. The molecule has 0 spiro atoms. The monoisotopic (exact) mass is 377 g/mol. The Labute approximate surface area is 151 Å². The van der Waals surface area contributed by atoms with E-state index in [9.17, 15) is 14.0 Å². The molecular formula is C16H13ClFN5O3. The maximum Gasteiger partial charge on any atom is 0.405 e. The second kappa shape index (κ2) is 6.60. The minimum atomic E-state index is -1.29. The van der Waals surface area contributed by atoms with Crippen LogP contribution in [0.4, 0.5) is 15.0 Å². The average Bonchev–Trinajstić information content (AvgIpc) is 2.58. The van der Waals surface area contributed by atoms with E-state index in [-0.39, 0.29) is 33.3 Å². The lowest BCUT2D eigenvalue weighted by molar-refractivity contribution is 0.190. The third-order valence-corrected chi connectivity index (χ3v) is 4.08. The van der Waals surface area contributed by atoms with Crippen LogP contribution in [0.2, 0.25) is 5.02 Å². The first-order valence-electron chi connectivity index (χ1n) is 7.41. The van der Waals surface area contributed by atoms with Crippen molar-refractivity contribution in [3.05, 3.63) is 57.5 Å². The minimum absolute atomic E-state index is 0.0964. The number of nitrogens with one attached hydrogen (secondary N) is 1. The van der Waals surface area contributed by atoms with E-state index in [1.54, 1.807) is 0 Å². The number of rotatable bonds is 3. The Kier molecular flexibility index (Phi) is 4.47. The molecule has 10 heteroatoms. The van der Waals surface area contributed by atoms with Gasteiger partial charge in [0.2, 0.25) is 0 Å². The number of fused-ring (bicyclic) bond motifs is 1. The molecule has 0 aliphatic heterocycles. The van der Waals surface area contributed by atoms with Crippen LogP contribution in [0.15, 0.2) is 35.3 Å². The summed E-state index contributed by atoms with van der Waals surface area (Å²) in [5.41, 5.74) is 5.35. The van der Waals surface area contributed by atoms with E-state index in [0.29, 0.717) is 0 Å². The molecule has 26 heavy (non-hydrogen) atoms. The number of anilines is 1. The summed E-state index contributed by atoms with van der Waals surface area (Å²) < 4.78 is 14.9. The number of carboxylic acid groups (broad SMARTS) is 1. The molecule has 3 rings (SSSR count). The van der Waals surface area contributed by atoms with E-state index in [1.165, 1.54) is 31.3 Å². The van der Waals surface area contributed by atoms with Gasteiger partial charge < -0.3 is 16.2 Å². The van der Waals surface area contributed by atoms with Crippen LogP contribution < -0.4 is 16.6 Å². The van der Waals surface area contributed by atoms with Gasteiger partial charge in [0, 0.05) is 0 Å². The fraction of sp³-hybridized carbons (Fsp3) is 0.125. The van der Waals surface area contributed by atoms with Gasteiger partial charge >= 0.3 is 6.09 Å². The van der Waals surface area contributed by atoms with Crippen LogP contribution in [-0.2, 0) is 0 Å². The number of hydrogen-bond donors (Lipinski definition) is 3. The van der Waals surface area contributed by atoms with Crippen LogP contribution >= 0.6 is 11.6 Å². The first-order chi connectivity index (χ1) is 12.3. The minimum Gasteiger partial charge on any atom is -0.465 e. The van der Waals surface area contributed by atoms with Crippen molar-refractivity contribution < 1.29 is 14.3 Å². The fourth-order valence-electron chi connectivity index (χ4n) is 2.55. The summed E-state index contributed by atoms with van der Waals surface area (Å²) in [7, 11) is 0. The van der Waals surface area contributed by atoms with E-state index in [2.05, 4.69) is 15.3 Å². The van der Waals surface area contributed by atoms with E-state index in [0.717, 1.165) is 10.6 Å². The molecule has 0 fully saturated rings. The van der Waals surface area contributed by atoms with Gasteiger partial charge in [0.05, 0.1) is 33.9 Å². The quantitative estimate of drug-likeness (QED) is 0.644. The van der Waals surface area contributed by atoms with Crippen LogP contribution in [-0.4, -0.2) is 25.7 Å². The molecule has 2 heterocycles. The zero-order valence-corrected chi connectivity index (χ0v) is 14.2. The van der Waals surface area contributed by atoms with Crippen LogP contribution in [0.25, 0.3) is 16.6 Å². The van der Waals surface area contributed by atoms with Gasteiger partial charge in [0.15, 0.2) is 0 Å². The normalized spacial score (nSPS) is 12.1. The number of nitrogen functional groups attached to an aromatic ring is 1. The second-order valence-electron chi connectivity index (χ2n) is 5.48. The number of pyridine rings is 1. The number of benzene rings is 1. The summed E-state index contributed by atoms with van der Waals surface area (Å²) in [5.74, 6) is -0.429. The van der Waals surface area contributed by atoms with Crippen molar-refractivity contribution in [2.24, 2.45) is 0 Å². The van der Waals surface area contributed by atoms with Crippen molar-refractivity contribution in [3.63, 3.8) is 0 Å². The molecule has 0 bridgehead atoms. The van der Waals surface area contributed by atoms with Crippen molar-refractivity contribution in [2.75, 3.05) is 5.73 Å². The molecule has 1 aromatic carbocycles. The molecule has 0 radical (unpaired) electrons. The van der Waals surface area contributed by atoms with Crippen LogP contribution in [0, 0.1) is 5.82 Å². The van der Waals surface area contributed by atoms with Crippen molar-refractivity contribution in [1.82, 2.24) is 19.9 Å². The van der Waals surface area contributed by atoms with Gasteiger partial charge in [-0.2, -0.15) is 0 Å². The highest BCUT2D eigenvalue weighted by atomic mass is 35.5. The molecule has 3 aromatic rings. The van der Waals surface area contributed by atoms with Gasteiger partial charge in [-0.05, 0) is 31.2 Å². The average molecular weight is 378 g/mol. The molecule has 134 valence electrons. The van der Waals surface area contributed by atoms with Gasteiger partial charge in [-0.25, -0.2) is 19.2 Å². The zero-order valence-electron chi connectivity index (χ0n) is 13.4. The Bertz CT molecular complexity index is 1070. The third kappa shape index (κ3) is 3.04. The lowest BCUT2D eigenvalue weighted by atomic mass is 10.2. The maximum atomic E-state index is 13.8. The highest BCUT2D eigenvalue weighted by molar-refractivity contribution is 6.35. The van der Waals surface area contributed by atoms with Crippen molar-refractivity contribution >= 4 is 34.4 Å². The Balaban J connectivity index is 2.38. The molecule has 2 aromatic heterocycles. The Morgan fingerprint density at radius 2 is 2.12 bits per heavy atom. The predicted octanol–water partition coefficient (Wildman–Crippen LogP) is 2.48. The van der Waals surface area contributed by atoms with E-state index in [4.69, 9.17) is 22.4 Å². The van der Waals surface area contributed by atoms with Crippen molar-refractivity contribution in [3.8, 4) is 5.69 Å². The molecule has 8 nitrogen and oxygen atoms in total. The maximum absolute atomic E-state index is 13.8. The van der Waals surface area contributed by atoms with Gasteiger partial charge in [-0.1, -0.05) is 11.6 Å². The molecule has 1 atom stereocenters. The molecule has 0 aliphatic carbocycles.